The molecule has 1 fully saturated rings. The van der Waals surface area contributed by atoms with Crippen molar-refractivity contribution in [3.63, 3.8) is 0 Å². The van der Waals surface area contributed by atoms with Crippen molar-refractivity contribution in [3.05, 3.63) is 50.3 Å². The number of hydrogen-bond acceptors (Lipinski definition) is 7. The summed E-state index contributed by atoms with van der Waals surface area (Å²) in [6.45, 7) is 1.36. The number of aliphatic hydroxyl groups is 1. The summed E-state index contributed by atoms with van der Waals surface area (Å²) in [5.74, 6) is -1.36. The number of ether oxygens (including phenoxy) is 1. The van der Waals surface area contributed by atoms with Crippen LogP contribution in [0.5, 0.6) is 0 Å². The van der Waals surface area contributed by atoms with Gasteiger partial charge < -0.3 is 19.6 Å². The van der Waals surface area contributed by atoms with Crippen molar-refractivity contribution in [1.82, 2.24) is 5.32 Å². The summed E-state index contributed by atoms with van der Waals surface area (Å²) in [5.41, 5.74) is -2.37. The summed E-state index contributed by atoms with van der Waals surface area (Å²) < 4.78 is 10.8. The van der Waals surface area contributed by atoms with E-state index >= 15 is 0 Å². The number of carbonyl (C=O) groups excluding carboxylic acids is 2. The number of halogens is 1. The predicted octanol–water partition coefficient (Wildman–Crippen LogP) is 3.43. The van der Waals surface area contributed by atoms with Crippen LogP contribution in [0.2, 0.25) is 5.02 Å². The fourth-order valence-electron chi connectivity index (χ4n) is 4.54. The second-order valence-corrected chi connectivity index (χ2v) is 8.63. The van der Waals surface area contributed by atoms with Crippen LogP contribution >= 0.6 is 11.6 Å². The number of nitrogens with one attached hydrogen (secondary N) is 1. The van der Waals surface area contributed by atoms with E-state index in [9.17, 15) is 19.5 Å². The summed E-state index contributed by atoms with van der Waals surface area (Å²) in [4.78, 5) is 38.6. The monoisotopic (exact) mass is 445 g/mol. The Hall–Kier alpha value is -2.64. The molecule has 1 unspecified atom stereocenters. The van der Waals surface area contributed by atoms with E-state index in [1.165, 1.54) is 13.0 Å². The minimum Gasteiger partial charge on any atom is -0.467 e. The molecule has 31 heavy (non-hydrogen) atoms. The number of Topliss-reactive ketones (excluding diaryl/α,β-unsaturated/α-hetero) is 1. The molecule has 2 N–H and O–H groups in total. The Morgan fingerprint density at radius 3 is 2.61 bits per heavy atom. The minimum absolute atomic E-state index is 0.00486. The van der Waals surface area contributed by atoms with Crippen LogP contribution in [0, 0.1) is 0 Å². The predicted molar refractivity (Wildman–Crippen MR) is 116 cm³/mol. The highest BCUT2D eigenvalue weighted by atomic mass is 35.5. The van der Waals surface area contributed by atoms with Crippen LogP contribution in [0.25, 0.3) is 16.7 Å². The van der Waals surface area contributed by atoms with E-state index in [1.807, 2.05) is 0 Å². The highest BCUT2D eigenvalue weighted by Crippen LogP contribution is 2.42. The zero-order valence-electron chi connectivity index (χ0n) is 17.4. The van der Waals surface area contributed by atoms with E-state index in [2.05, 4.69) is 5.32 Å². The molecule has 4 rings (SSSR count). The lowest BCUT2D eigenvalue weighted by Gasteiger charge is -2.35. The number of methoxy groups -OCH3 is 1. The molecule has 2 aromatic rings. The second kappa shape index (κ2) is 8.13. The quantitative estimate of drug-likeness (QED) is 0.694. The van der Waals surface area contributed by atoms with Crippen LogP contribution < -0.4 is 10.7 Å². The van der Waals surface area contributed by atoms with Gasteiger partial charge in [-0.15, -0.1) is 0 Å². The summed E-state index contributed by atoms with van der Waals surface area (Å²) in [6, 6.07) is 4.66. The highest BCUT2D eigenvalue weighted by Gasteiger charge is 2.50. The topological polar surface area (TPSA) is 106 Å². The zero-order chi connectivity index (χ0) is 22.3. The van der Waals surface area contributed by atoms with E-state index in [1.54, 1.807) is 12.1 Å². The first-order valence-corrected chi connectivity index (χ1v) is 10.7. The minimum atomic E-state index is -2.35. The molecule has 0 radical (unpaired) electrons. The van der Waals surface area contributed by atoms with Crippen molar-refractivity contribution in [2.75, 3.05) is 7.11 Å². The largest absolute Gasteiger partial charge is 0.467 e. The van der Waals surface area contributed by atoms with Crippen LogP contribution in [0.1, 0.15) is 56.8 Å². The van der Waals surface area contributed by atoms with Crippen molar-refractivity contribution >= 4 is 40.0 Å². The average molecular weight is 446 g/mol. The molecule has 0 aliphatic heterocycles. The van der Waals surface area contributed by atoms with Gasteiger partial charge in [0.2, 0.25) is 0 Å². The van der Waals surface area contributed by atoms with Crippen molar-refractivity contribution in [2.45, 2.75) is 57.1 Å². The van der Waals surface area contributed by atoms with Crippen LogP contribution in [0.15, 0.2) is 33.0 Å². The fraction of sp³-hybridized carbons (Fsp3) is 0.435. The molecule has 1 atom stereocenters. The highest BCUT2D eigenvalue weighted by molar-refractivity contribution is 6.31. The van der Waals surface area contributed by atoms with E-state index in [0.717, 1.165) is 39.2 Å². The smallest absolute Gasteiger partial charge is 0.343 e. The second-order valence-electron chi connectivity index (χ2n) is 8.19. The van der Waals surface area contributed by atoms with Crippen LogP contribution in [0.3, 0.4) is 0 Å². The molecule has 1 saturated carbocycles. The summed E-state index contributed by atoms with van der Waals surface area (Å²) in [6.07, 6.45) is 4.71. The standard InChI is InChI=1S/C23H24ClNO6/c1-12(26)16-11-23(29,22(28)30-2)18-20(27)15-10-13(24)8-9-17(15)31-21(18)19(16)25-14-6-4-3-5-7-14/h8-10,14,25,29H,3-7,11H2,1-2H3. The van der Waals surface area contributed by atoms with Crippen LogP contribution in [0.4, 0.5) is 0 Å². The van der Waals surface area contributed by atoms with Gasteiger partial charge in [0.05, 0.1) is 23.8 Å². The molecule has 0 saturated heterocycles. The molecule has 0 spiro atoms. The van der Waals surface area contributed by atoms with E-state index in [-0.39, 0.29) is 46.1 Å². The molecule has 8 heteroatoms. The number of rotatable bonds is 4. The molecule has 1 aromatic carbocycles. The average Bonchev–Trinajstić information content (AvgIpc) is 2.76. The zero-order valence-corrected chi connectivity index (χ0v) is 18.2. The molecule has 2 aliphatic rings. The van der Waals surface area contributed by atoms with Crippen LogP contribution in [-0.4, -0.2) is 30.0 Å². The number of ketones is 1. The van der Waals surface area contributed by atoms with Crippen molar-refractivity contribution in [2.24, 2.45) is 0 Å². The maximum Gasteiger partial charge on any atom is 0.343 e. The molecule has 164 valence electrons. The SMILES string of the molecule is COC(=O)C1(O)CC(C(C)=O)=C(NC2CCCCC2)c2oc3ccc(Cl)cc3c(=O)c21. The molecule has 1 aromatic heterocycles. The normalized spacial score (nSPS) is 21.7. The number of fused-ring (bicyclic) bond motifs is 2. The van der Waals surface area contributed by atoms with Gasteiger partial charge in [-0.2, -0.15) is 0 Å². The van der Waals surface area contributed by atoms with Gasteiger partial charge in [-0.3, -0.25) is 9.59 Å². The Bertz CT molecular complexity index is 1160. The third-order valence-electron chi connectivity index (χ3n) is 6.13. The maximum atomic E-state index is 13.5. The number of hydrogen-bond donors (Lipinski definition) is 2. The van der Waals surface area contributed by atoms with Crippen molar-refractivity contribution in [1.29, 1.82) is 0 Å². The van der Waals surface area contributed by atoms with E-state index < -0.39 is 17.0 Å². The fourth-order valence-corrected chi connectivity index (χ4v) is 4.71. The lowest BCUT2D eigenvalue weighted by Crippen LogP contribution is -2.46. The van der Waals surface area contributed by atoms with Gasteiger partial charge in [0.1, 0.15) is 5.58 Å². The van der Waals surface area contributed by atoms with Gasteiger partial charge in [-0.05, 0) is 38.0 Å². The van der Waals surface area contributed by atoms with E-state index in [0.29, 0.717) is 10.7 Å². The molecule has 0 amide bonds. The third-order valence-corrected chi connectivity index (χ3v) is 6.36. The molecule has 0 bridgehead atoms. The lowest BCUT2D eigenvalue weighted by atomic mass is 9.78. The molecular formula is C23H24ClNO6. The Morgan fingerprint density at radius 2 is 1.97 bits per heavy atom. The van der Waals surface area contributed by atoms with Gasteiger partial charge >= 0.3 is 5.97 Å². The molecule has 7 nitrogen and oxygen atoms in total. The lowest BCUT2D eigenvalue weighted by molar-refractivity contribution is -0.164. The number of carbonyl (C=O) groups is 2. The summed E-state index contributed by atoms with van der Waals surface area (Å²) in [5, 5.41) is 15.2. The van der Waals surface area contributed by atoms with E-state index in [4.69, 9.17) is 20.8 Å². The molecule has 2 aliphatic carbocycles. The maximum absolute atomic E-state index is 13.5. The number of esters is 1. The summed E-state index contributed by atoms with van der Waals surface area (Å²) in [7, 11) is 1.12. The summed E-state index contributed by atoms with van der Waals surface area (Å²) >= 11 is 6.06. The first kappa shape index (κ1) is 21.6. The Labute approximate surface area is 184 Å². The van der Waals surface area contributed by atoms with Crippen molar-refractivity contribution < 1.29 is 23.8 Å². The Balaban J connectivity index is 2.02. The molecular weight excluding hydrogens is 422 g/mol. The third kappa shape index (κ3) is 3.66. The first-order valence-electron chi connectivity index (χ1n) is 10.3. The van der Waals surface area contributed by atoms with Gasteiger partial charge in [-0.25, -0.2) is 4.79 Å². The van der Waals surface area contributed by atoms with Gasteiger partial charge in [-0.1, -0.05) is 30.9 Å². The number of benzene rings is 1. The molecule has 1 heterocycles. The van der Waals surface area contributed by atoms with Gasteiger partial charge in [0, 0.05) is 23.1 Å². The van der Waals surface area contributed by atoms with Gasteiger partial charge in [0.25, 0.3) is 0 Å². The van der Waals surface area contributed by atoms with Gasteiger partial charge in [0.15, 0.2) is 22.6 Å². The van der Waals surface area contributed by atoms with Crippen molar-refractivity contribution in [3.8, 4) is 0 Å². The Kier molecular flexibility index (Phi) is 5.66. The Morgan fingerprint density at radius 1 is 1.26 bits per heavy atom. The van der Waals surface area contributed by atoms with Crippen LogP contribution in [-0.2, 0) is 19.9 Å². The first-order chi connectivity index (χ1) is 14.8.